The lowest BCUT2D eigenvalue weighted by molar-refractivity contribution is 0.0947. The van der Waals surface area contributed by atoms with Gasteiger partial charge in [-0.1, -0.05) is 37.3 Å². The molecule has 0 aliphatic rings. The van der Waals surface area contributed by atoms with Gasteiger partial charge in [0.05, 0.1) is 11.9 Å². The molecule has 0 radical (unpaired) electrons. The van der Waals surface area contributed by atoms with Gasteiger partial charge in [-0.15, -0.1) is 5.10 Å². The van der Waals surface area contributed by atoms with Crippen LogP contribution in [0.5, 0.6) is 0 Å². The number of hydrogen-bond donors (Lipinski definition) is 2. The van der Waals surface area contributed by atoms with E-state index in [0.29, 0.717) is 12.2 Å². The Hall–Kier alpha value is -3.67. The molecule has 11 nitrogen and oxygen atoms in total. The number of carbonyl (C=O) groups is 1. The molecule has 0 atom stereocenters. The summed E-state index contributed by atoms with van der Waals surface area (Å²) in [5.74, 6) is -0.884. The molecule has 0 spiro atoms. The third-order valence-electron chi connectivity index (χ3n) is 4.40. The van der Waals surface area contributed by atoms with Crippen LogP contribution in [0.3, 0.4) is 0 Å². The third kappa shape index (κ3) is 5.28. The number of rotatable bonds is 10. The van der Waals surface area contributed by atoms with Crippen molar-refractivity contribution in [2.24, 2.45) is 5.10 Å². The van der Waals surface area contributed by atoms with E-state index in [4.69, 9.17) is 5.73 Å². The Morgan fingerprint density at radius 3 is 2.68 bits per heavy atom. The summed E-state index contributed by atoms with van der Waals surface area (Å²) in [6, 6.07) is 6.08. The topological polar surface area (TPSA) is 140 Å². The normalized spacial score (nSPS) is 11.5. The molecule has 0 bridgehead atoms. The Kier molecular flexibility index (Phi) is 7.38. The number of anilines is 1. The first-order valence-electron chi connectivity index (χ1n) is 9.88. The number of aromatic nitrogens is 5. The van der Waals surface area contributed by atoms with E-state index in [1.54, 1.807) is 18.2 Å². The SMILES string of the molecule is CCCN(CCC)Cc1c(C(=O)N/N=C\c2ccccc2F)nnn1-c1nonc1N. The average Bonchev–Trinajstić information content (AvgIpc) is 3.35. The van der Waals surface area contributed by atoms with Crippen molar-refractivity contribution in [3.63, 3.8) is 0 Å². The zero-order chi connectivity index (χ0) is 22.2. The molecule has 0 aliphatic carbocycles. The van der Waals surface area contributed by atoms with Crippen molar-refractivity contribution in [3.05, 3.63) is 47.0 Å². The molecular weight excluding hydrogens is 405 g/mol. The van der Waals surface area contributed by atoms with E-state index in [-0.39, 0.29) is 22.9 Å². The van der Waals surface area contributed by atoms with Gasteiger partial charge in [-0.25, -0.2) is 14.4 Å². The van der Waals surface area contributed by atoms with Gasteiger partial charge in [-0.2, -0.15) is 9.78 Å². The van der Waals surface area contributed by atoms with Gasteiger partial charge < -0.3 is 5.73 Å². The van der Waals surface area contributed by atoms with Gasteiger partial charge >= 0.3 is 0 Å². The first-order valence-corrected chi connectivity index (χ1v) is 9.88. The number of nitrogens with one attached hydrogen (secondary N) is 1. The molecule has 2 aromatic heterocycles. The van der Waals surface area contributed by atoms with Crippen molar-refractivity contribution >= 4 is 17.9 Å². The van der Waals surface area contributed by atoms with E-state index in [2.05, 4.69) is 54.5 Å². The number of nitrogens with two attached hydrogens (primary N) is 1. The number of hydrazone groups is 1. The van der Waals surface area contributed by atoms with E-state index in [1.807, 2.05) is 0 Å². The number of nitrogens with zero attached hydrogens (tertiary/aromatic N) is 7. The van der Waals surface area contributed by atoms with Crippen LogP contribution < -0.4 is 11.2 Å². The van der Waals surface area contributed by atoms with Crippen LogP contribution in [0, 0.1) is 5.82 Å². The van der Waals surface area contributed by atoms with Crippen LogP contribution in [0.15, 0.2) is 34.0 Å². The number of carbonyl (C=O) groups excluding carboxylic acids is 1. The Bertz CT molecular complexity index is 1040. The highest BCUT2D eigenvalue weighted by atomic mass is 19.1. The molecule has 0 saturated carbocycles. The predicted molar refractivity (Wildman–Crippen MR) is 111 cm³/mol. The fourth-order valence-corrected chi connectivity index (χ4v) is 3.04. The highest BCUT2D eigenvalue weighted by Crippen LogP contribution is 2.18. The molecule has 0 saturated heterocycles. The average molecular weight is 429 g/mol. The highest BCUT2D eigenvalue weighted by molar-refractivity contribution is 5.94. The van der Waals surface area contributed by atoms with Crippen LogP contribution in [-0.4, -0.2) is 55.4 Å². The minimum Gasteiger partial charge on any atom is -0.378 e. The van der Waals surface area contributed by atoms with Crippen LogP contribution in [0.1, 0.15) is 48.4 Å². The first kappa shape index (κ1) is 22.0. The van der Waals surface area contributed by atoms with Crippen molar-refractivity contribution in [2.75, 3.05) is 18.8 Å². The largest absolute Gasteiger partial charge is 0.378 e. The lowest BCUT2D eigenvalue weighted by Crippen LogP contribution is -2.28. The lowest BCUT2D eigenvalue weighted by Gasteiger charge is -2.21. The molecule has 0 aliphatic heterocycles. The molecular formula is C19H24FN9O2. The summed E-state index contributed by atoms with van der Waals surface area (Å²) in [5.41, 5.74) is 8.92. The van der Waals surface area contributed by atoms with Crippen LogP contribution in [0.25, 0.3) is 5.82 Å². The molecule has 1 amide bonds. The van der Waals surface area contributed by atoms with Crippen molar-refractivity contribution in [1.29, 1.82) is 0 Å². The molecule has 164 valence electrons. The summed E-state index contributed by atoms with van der Waals surface area (Å²) >= 11 is 0. The van der Waals surface area contributed by atoms with Gasteiger partial charge in [0.1, 0.15) is 5.82 Å². The second kappa shape index (κ2) is 10.4. The Morgan fingerprint density at radius 1 is 1.29 bits per heavy atom. The summed E-state index contributed by atoms with van der Waals surface area (Å²) in [4.78, 5) is 14.9. The molecule has 3 rings (SSSR count). The molecule has 0 unspecified atom stereocenters. The summed E-state index contributed by atoms with van der Waals surface area (Å²) in [6.07, 6.45) is 3.09. The lowest BCUT2D eigenvalue weighted by atomic mass is 10.2. The molecule has 1 aromatic carbocycles. The standard InChI is InChI=1S/C19H24FN9O2/c1-3-9-28(10-4-2)12-15-16(23-27-29(15)18-17(21)25-31-26-18)19(30)24-22-11-13-7-5-6-8-14(13)20/h5-8,11H,3-4,9-10,12H2,1-2H3,(H2,21,25)(H,24,30)/b22-11-. The summed E-state index contributed by atoms with van der Waals surface area (Å²) in [5, 5.41) is 19.2. The zero-order valence-corrected chi connectivity index (χ0v) is 17.3. The van der Waals surface area contributed by atoms with Crippen molar-refractivity contribution in [2.45, 2.75) is 33.2 Å². The maximum atomic E-state index is 13.7. The smallest absolute Gasteiger partial charge is 0.293 e. The number of halogens is 1. The fraction of sp³-hybridized carbons (Fsp3) is 0.368. The minimum atomic E-state index is -0.600. The van der Waals surface area contributed by atoms with Crippen LogP contribution in [0.4, 0.5) is 10.2 Å². The molecule has 2 heterocycles. The Balaban J connectivity index is 1.88. The number of nitrogen functional groups attached to an aromatic ring is 1. The van der Waals surface area contributed by atoms with Gasteiger partial charge in [0, 0.05) is 12.1 Å². The fourth-order valence-electron chi connectivity index (χ4n) is 3.04. The van der Waals surface area contributed by atoms with Crippen molar-refractivity contribution in [3.8, 4) is 5.82 Å². The maximum absolute atomic E-state index is 13.7. The maximum Gasteiger partial charge on any atom is 0.293 e. The van der Waals surface area contributed by atoms with Gasteiger partial charge in [-0.05, 0) is 42.3 Å². The van der Waals surface area contributed by atoms with E-state index < -0.39 is 11.7 Å². The van der Waals surface area contributed by atoms with Crippen molar-refractivity contribution < 1.29 is 13.8 Å². The molecule has 0 fully saturated rings. The molecule has 3 aromatic rings. The molecule has 31 heavy (non-hydrogen) atoms. The summed E-state index contributed by atoms with van der Waals surface area (Å²) < 4.78 is 19.7. The monoisotopic (exact) mass is 429 g/mol. The first-order chi connectivity index (χ1) is 15.0. The number of amides is 1. The van der Waals surface area contributed by atoms with Crippen LogP contribution in [0.2, 0.25) is 0 Å². The minimum absolute atomic E-state index is 0.0215. The van der Waals surface area contributed by atoms with E-state index >= 15 is 0 Å². The van der Waals surface area contributed by atoms with Gasteiger partial charge in [0.25, 0.3) is 5.91 Å². The van der Waals surface area contributed by atoms with Crippen LogP contribution in [-0.2, 0) is 6.54 Å². The molecule has 12 heteroatoms. The summed E-state index contributed by atoms with van der Waals surface area (Å²) in [7, 11) is 0. The van der Waals surface area contributed by atoms with Crippen molar-refractivity contribution in [1.82, 2.24) is 35.6 Å². The van der Waals surface area contributed by atoms with Gasteiger partial charge in [0.2, 0.25) is 11.6 Å². The zero-order valence-electron chi connectivity index (χ0n) is 17.3. The Morgan fingerprint density at radius 2 is 2.03 bits per heavy atom. The second-order valence-electron chi connectivity index (χ2n) is 6.77. The highest BCUT2D eigenvalue weighted by Gasteiger charge is 2.25. The van der Waals surface area contributed by atoms with E-state index in [0.717, 1.165) is 25.9 Å². The van der Waals surface area contributed by atoms with E-state index in [9.17, 15) is 9.18 Å². The second-order valence-corrected chi connectivity index (χ2v) is 6.77. The summed E-state index contributed by atoms with van der Waals surface area (Å²) in [6.45, 7) is 6.16. The molecule has 3 N–H and O–H groups in total. The predicted octanol–water partition coefficient (Wildman–Crippen LogP) is 1.76. The van der Waals surface area contributed by atoms with E-state index in [1.165, 1.54) is 17.0 Å². The Labute approximate surface area is 178 Å². The van der Waals surface area contributed by atoms with Gasteiger partial charge in [0.15, 0.2) is 5.69 Å². The third-order valence-corrected chi connectivity index (χ3v) is 4.40. The number of hydrogen-bond acceptors (Lipinski definition) is 9. The number of benzene rings is 1. The van der Waals surface area contributed by atoms with Crippen LogP contribution >= 0.6 is 0 Å². The quantitative estimate of drug-likeness (QED) is 0.367. The van der Waals surface area contributed by atoms with Gasteiger partial charge in [-0.3, -0.25) is 9.69 Å².